The minimum absolute atomic E-state index is 0.120. The Morgan fingerprint density at radius 2 is 1.61 bits per heavy atom. The fraction of sp³-hybridized carbons (Fsp3) is 0.385. The molecule has 0 saturated carbocycles. The minimum Gasteiger partial charge on any atom is -0.400 e. The highest BCUT2D eigenvalue weighted by Gasteiger charge is 2.27. The van der Waals surface area contributed by atoms with Crippen molar-refractivity contribution < 1.29 is 14.8 Å². The van der Waals surface area contributed by atoms with Gasteiger partial charge in [-0.3, -0.25) is 14.8 Å². The number of nitrogens with zero attached hydrogens (tertiary/aromatic N) is 1. The van der Waals surface area contributed by atoms with Gasteiger partial charge in [-0.15, -0.1) is 12.6 Å². The summed E-state index contributed by atoms with van der Waals surface area (Å²) in [5.74, 6) is 3.77. The first-order valence-electron chi connectivity index (χ1n) is 11.8. The van der Waals surface area contributed by atoms with Crippen molar-refractivity contribution in [2.24, 2.45) is 29.1 Å². The molecule has 9 nitrogen and oxygen atoms in total. The Balaban J connectivity index is 0.00000102. The highest BCUT2D eigenvalue weighted by molar-refractivity contribution is 7.80. The van der Waals surface area contributed by atoms with Crippen molar-refractivity contribution in [3.8, 4) is 0 Å². The number of nitrogens with two attached hydrogens (primary N) is 3. The number of nitrogens with one attached hydrogen (secondary N) is 2. The number of benzene rings is 2. The van der Waals surface area contributed by atoms with Crippen LogP contribution in [0.25, 0.3) is 0 Å². The van der Waals surface area contributed by atoms with E-state index in [0.717, 1.165) is 10.5 Å². The summed E-state index contributed by atoms with van der Waals surface area (Å²) in [7, 11) is 0. The van der Waals surface area contributed by atoms with Gasteiger partial charge in [-0.2, -0.15) is 0 Å². The fourth-order valence-electron chi connectivity index (χ4n) is 2.87. The van der Waals surface area contributed by atoms with Gasteiger partial charge in [0, 0.05) is 29.0 Å². The molecule has 2 amide bonds. The summed E-state index contributed by atoms with van der Waals surface area (Å²) in [6, 6.07) is 15.1. The summed E-state index contributed by atoms with van der Waals surface area (Å²) < 4.78 is 0. The van der Waals surface area contributed by atoms with Crippen molar-refractivity contribution in [1.82, 2.24) is 10.5 Å². The topological polar surface area (TPSA) is 160 Å². The lowest BCUT2D eigenvalue weighted by Gasteiger charge is -2.17. The van der Waals surface area contributed by atoms with Gasteiger partial charge in [0.2, 0.25) is 5.91 Å². The average molecular weight is 519 g/mol. The molecule has 2 aromatic rings. The molecule has 0 aliphatic rings. The van der Waals surface area contributed by atoms with E-state index in [1.54, 1.807) is 35.9 Å². The van der Waals surface area contributed by atoms with E-state index in [4.69, 9.17) is 22.5 Å². The number of hydrogen-bond acceptors (Lipinski definition) is 8. The largest absolute Gasteiger partial charge is 0.400 e. The van der Waals surface area contributed by atoms with Gasteiger partial charge in [-0.05, 0) is 49.1 Å². The molecule has 1 unspecified atom stereocenters. The minimum atomic E-state index is -0.969. The Morgan fingerprint density at radius 1 is 1.06 bits per heavy atom. The Kier molecular flexibility index (Phi) is 16.7. The van der Waals surface area contributed by atoms with Crippen molar-refractivity contribution in [3.63, 3.8) is 0 Å². The molecule has 0 radical (unpaired) electrons. The number of hydrazine groups is 1. The Hall–Kier alpha value is -3.05. The zero-order valence-electron chi connectivity index (χ0n) is 21.9. The highest BCUT2D eigenvalue weighted by Crippen LogP contribution is 2.17. The van der Waals surface area contributed by atoms with Crippen LogP contribution >= 0.6 is 12.6 Å². The van der Waals surface area contributed by atoms with Gasteiger partial charge in [0.05, 0.1) is 6.54 Å². The molecule has 0 aliphatic heterocycles. The van der Waals surface area contributed by atoms with Crippen molar-refractivity contribution >= 4 is 30.1 Å². The molecule has 36 heavy (non-hydrogen) atoms. The van der Waals surface area contributed by atoms with E-state index in [1.165, 1.54) is 10.6 Å². The van der Waals surface area contributed by atoms with Crippen molar-refractivity contribution in [1.29, 1.82) is 0 Å². The molecular weight excluding hydrogens is 476 g/mol. The predicted molar refractivity (Wildman–Crippen MR) is 149 cm³/mol. The lowest BCUT2D eigenvalue weighted by atomic mass is 9.95. The van der Waals surface area contributed by atoms with Gasteiger partial charge in [-0.1, -0.05) is 57.5 Å². The molecule has 0 saturated heterocycles. The number of amides is 2. The SMILES string of the molecule is CC.CC(C)CC(C(=O)NO)C(=O)Nc1ccc(CN(N)/C=C(\N)CN)cc1.Cc1ccc(S)cc1. The molecule has 0 aliphatic carbocycles. The zero-order valence-corrected chi connectivity index (χ0v) is 22.8. The van der Waals surface area contributed by atoms with Gasteiger partial charge < -0.3 is 21.8 Å². The van der Waals surface area contributed by atoms with E-state index in [0.29, 0.717) is 24.4 Å². The van der Waals surface area contributed by atoms with Crippen LogP contribution in [0.4, 0.5) is 5.69 Å². The quantitative estimate of drug-likeness (QED) is 0.0878. The first kappa shape index (κ1) is 33.0. The van der Waals surface area contributed by atoms with Crippen molar-refractivity contribution in [3.05, 3.63) is 71.6 Å². The van der Waals surface area contributed by atoms with E-state index in [-0.39, 0.29) is 12.5 Å². The number of anilines is 1. The number of aryl methyl sites for hydroxylation is 1. The predicted octanol–water partition coefficient (Wildman–Crippen LogP) is 3.54. The summed E-state index contributed by atoms with van der Waals surface area (Å²) in [4.78, 5) is 25.0. The summed E-state index contributed by atoms with van der Waals surface area (Å²) >= 11 is 4.13. The third-order valence-corrected chi connectivity index (χ3v) is 4.94. The van der Waals surface area contributed by atoms with E-state index in [9.17, 15) is 9.59 Å². The second-order valence-electron chi connectivity index (χ2n) is 8.26. The Morgan fingerprint density at radius 3 is 2.06 bits per heavy atom. The van der Waals surface area contributed by atoms with Crippen LogP contribution in [0.15, 0.2) is 65.3 Å². The van der Waals surface area contributed by atoms with Crippen LogP contribution in [0.3, 0.4) is 0 Å². The average Bonchev–Trinajstić information content (AvgIpc) is 2.86. The van der Waals surface area contributed by atoms with Crippen LogP contribution in [0.1, 0.15) is 45.2 Å². The molecule has 1 atom stereocenters. The maximum absolute atomic E-state index is 12.3. The first-order valence-corrected chi connectivity index (χ1v) is 12.3. The third kappa shape index (κ3) is 13.7. The maximum atomic E-state index is 12.3. The molecule has 2 rings (SSSR count). The molecule has 10 heteroatoms. The number of hydroxylamine groups is 1. The third-order valence-electron chi connectivity index (χ3n) is 4.64. The monoisotopic (exact) mass is 518 g/mol. The summed E-state index contributed by atoms with van der Waals surface area (Å²) in [6.45, 7) is 10.5. The number of carbonyl (C=O) groups is 2. The molecular formula is C26H42N6O3S. The van der Waals surface area contributed by atoms with Crippen LogP contribution in [-0.2, 0) is 16.1 Å². The maximum Gasteiger partial charge on any atom is 0.255 e. The van der Waals surface area contributed by atoms with Crippen molar-refractivity contribution in [2.45, 2.75) is 52.5 Å². The Bertz CT molecular complexity index is 913. The van der Waals surface area contributed by atoms with E-state index in [1.807, 2.05) is 52.0 Å². The molecule has 0 bridgehead atoms. The smallest absolute Gasteiger partial charge is 0.255 e. The van der Waals surface area contributed by atoms with Crippen LogP contribution in [0.5, 0.6) is 0 Å². The summed E-state index contributed by atoms with van der Waals surface area (Å²) in [5, 5.41) is 12.9. The van der Waals surface area contributed by atoms with E-state index < -0.39 is 17.7 Å². The molecule has 0 fully saturated rings. The molecule has 0 aromatic heterocycles. The molecule has 0 spiro atoms. The fourth-order valence-corrected chi connectivity index (χ4v) is 3.02. The molecule has 0 heterocycles. The lowest BCUT2D eigenvalue weighted by Crippen LogP contribution is -2.37. The second-order valence-corrected chi connectivity index (χ2v) is 8.78. The number of thiol groups is 1. The van der Waals surface area contributed by atoms with E-state index in [2.05, 4.69) is 24.9 Å². The number of hydrogen-bond donors (Lipinski definition) is 7. The molecule has 2 aromatic carbocycles. The summed E-state index contributed by atoms with van der Waals surface area (Å²) in [5.41, 5.74) is 15.8. The van der Waals surface area contributed by atoms with Crippen LogP contribution in [-0.4, -0.2) is 28.6 Å². The van der Waals surface area contributed by atoms with Gasteiger partial charge >= 0.3 is 0 Å². The van der Waals surface area contributed by atoms with Gasteiger partial charge in [-0.25, -0.2) is 11.3 Å². The molecule has 200 valence electrons. The molecule has 9 N–H and O–H groups in total. The van der Waals surface area contributed by atoms with E-state index >= 15 is 0 Å². The van der Waals surface area contributed by atoms with Crippen LogP contribution in [0, 0.1) is 18.8 Å². The lowest BCUT2D eigenvalue weighted by molar-refractivity contribution is -0.139. The normalized spacial score (nSPS) is 11.3. The summed E-state index contributed by atoms with van der Waals surface area (Å²) in [6.07, 6.45) is 1.88. The standard InChI is InChI=1S/C17H28N6O3.C7H8S.C2H6/c1-11(2)7-15(17(25)22-26)16(24)21-14-5-3-12(4-6-14)9-23(20)10-13(19)8-18;1-6-2-4-7(8)5-3-6;1-2/h3-6,10-11,15,26H,7-9,18-20H2,1-2H3,(H,21,24)(H,22,25);2-5,8H,1H3;1-2H3/b13-10-;;. The van der Waals surface area contributed by atoms with Crippen LogP contribution in [0.2, 0.25) is 0 Å². The highest BCUT2D eigenvalue weighted by atomic mass is 32.1. The number of rotatable bonds is 9. The zero-order chi connectivity index (χ0) is 27.7. The van der Waals surface area contributed by atoms with Gasteiger partial charge in [0.25, 0.3) is 5.91 Å². The van der Waals surface area contributed by atoms with Crippen LogP contribution < -0.4 is 28.1 Å². The van der Waals surface area contributed by atoms with Crippen molar-refractivity contribution in [2.75, 3.05) is 11.9 Å². The van der Waals surface area contributed by atoms with Gasteiger partial charge in [0.1, 0.15) is 5.92 Å². The van der Waals surface area contributed by atoms with Gasteiger partial charge in [0.15, 0.2) is 0 Å². The second kappa shape index (κ2) is 18.3. The number of carbonyl (C=O) groups excluding carboxylic acids is 2. The first-order chi connectivity index (χ1) is 17.0. The Labute approximate surface area is 220 Å².